The third-order valence-electron chi connectivity index (χ3n) is 7.09. The van der Waals surface area contributed by atoms with E-state index < -0.39 is 5.67 Å². The predicted molar refractivity (Wildman–Crippen MR) is 138 cm³/mol. The SMILES string of the molecule is CCN1C(=O)[C@@H]2COCC[C@H]2c2cc(-c3cc(NC(=O)c4ccnc(C(C)(C)F)c4)cnc3C)cnc21. The minimum Gasteiger partial charge on any atom is -0.381 e. The lowest BCUT2D eigenvalue weighted by Crippen LogP contribution is -2.47. The molecule has 37 heavy (non-hydrogen) atoms. The lowest BCUT2D eigenvalue weighted by atomic mass is 9.78. The lowest BCUT2D eigenvalue weighted by molar-refractivity contribution is -0.128. The van der Waals surface area contributed by atoms with Gasteiger partial charge in [0, 0.05) is 53.8 Å². The van der Waals surface area contributed by atoms with Gasteiger partial charge in [-0.2, -0.15) is 0 Å². The number of alkyl halides is 1. The summed E-state index contributed by atoms with van der Waals surface area (Å²) in [6.45, 7) is 8.22. The zero-order valence-electron chi connectivity index (χ0n) is 21.4. The number of rotatable bonds is 5. The highest BCUT2D eigenvalue weighted by molar-refractivity contribution is 6.04. The van der Waals surface area contributed by atoms with Gasteiger partial charge in [0.15, 0.2) is 0 Å². The topological polar surface area (TPSA) is 97.3 Å². The third kappa shape index (κ3) is 4.71. The summed E-state index contributed by atoms with van der Waals surface area (Å²) in [7, 11) is 0. The molecule has 5 heterocycles. The van der Waals surface area contributed by atoms with Crippen LogP contribution in [0, 0.1) is 12.8 Å². The average molecular weight is 504 g/mol. The molecule has 2 aliphatic heterocycles. The van der Waals surface area contributed by atoms with E-state index in [2.05, 4.69) is 21.4 Å². The molecule has 0 spiro atoms. The molecule has 2 amide bonds. The quantitative estimate of drug-likeness (QED) is 0.538. The number of fused-ring (bicyclic) bond motifs is 3. The minimum atomic E-state index is -1.66. The Labute approximate surface area is 215 Å². The monoisotopic (exact) mass is 503 g/mol. The Balaban J connectivity index is 1.47. The van der Waals surface area contributed by atoms with Crippen molar-refractivity contribution < 1.29 is 18.7 Å². The van der Waals surface area contributed by atoms with Crippen LogP contribution in [0.1, 0.15) is 60.4 Å². The molecule has 0 unspecified atom stereocenters. The molecule has 5 rings (SSSR count). The van der Waals surface area contributed by atoms with Crippen LogP contribution in [0.15, 0.2) is 42.9 Å². The standard InChI is InChI=1S/C28H30FN5O3/c1-5-34-25-22(20-7-9-37-15-23(20)27(34)36)10-18(13-32-25)21-12-19(14-31-16(21)2)33-26(35)17-6-8-30-24(11-17)28(3,4)29/h6,8,10-14,20,23H,5,7,9,15H2,1-4H3,(H,33,35)/t20-,23+/m0/s1. The Hall–Kier alpha value is -3.72. The highest BCUT2D eigenvalue weighted by atomic mass is 19.1. The number of aryl methyl sites for hydroxylation is 1. The van der Waals surface area contributed by atoms with Crippen LogP contribution in [0.3, 0.4) is 0 Å². The van der Waals surface area contributed by atoms with E-state index in [4.69, 9.17) is 9.72 Å². The zero-order chi connectivity index (χ0) is 26.3. The summed E-state index contributed by atoms with van der Waals surface area (Å²) in [5.41, 5.74) is 2.87. The van der Waals surface area contributed by atoms with E-state index >= 15 is 0 Å². The number of halogens is 1. The number of nitrogens with one attached hydrogen (secondary N) is 1. The van der Waals surface area contributed by atoms with E-state index in [1.165, 1.54) is 26.1 Å². The largest absolute Gasteiger partial charge is 0.381 e. The van der Waals surface area contributed by atoms with Crippen LogP contribution >= 0.6 is 0 Å². The molecule has 0 bridgehead atoms. The van der Waals surface area contributed by atoms with Crippen LogP contribution in [0.2, 0.25) is 0 Å². The van der Waals surface area contributed by atoms with Crippen molar-refractivity contribution in [2.75, 3.05) is 30.0 Å². The fraction of sp³-hybridized carbons (Fsp3) is 0.393. The van der Waals surface area contributed by atoms with Gasteiger partial charge in [-0.15, -0.1) is 0 Å². The minimum absolute atomic E-state index is 0.0586. The van der Waals surface area contributed by atoms with Crippen molar-refractivity contribution in [3.05, 3.63) is 65.4 Å². The van der Waals surface area contributed by atoms with E-state index in [1.54, 1.807) is 23.4 Å². The summed E-state index contributed by atoms with van der Waals surface area (Å²) in [4.78, 5) is 40.9. The Morgan fingerprint density at radius 2 is 2.00 bits per heavy atom. The first kappa shape index (κ1) is 25.0. The van der Waals surface area contributed by atoms with Gasteiger partial charge in [-0.1, -0.05) is 0 Å². The van der Waals surface area contributed by atoms with E-state index in [-0.39, 0.29) is 29.3 Å². The molecule has 1 fully saturated rings. The van der Waals surface area contributed by atoms with Gasteiger partial charge in [-0.3, -0.25) is 24.5 Å². The second kappa shape index (κ2) is 9.63. The van der Waals surface area contributed by atoms with Crippen molar-refractivity contribution in [3.63, 3.8) is 0 Å². The summed E-state index contributed by atoms with van der Waals surface area (Å²) in [5.74, 6) is 0.248. The number of aromatic nitrogens is 3. The Morgan fingerprint density at radius 3 is 2.76 bits per heavy atom. The van der Waals surface area contributed by atoms with Crippen molar-refractivity contribution >= 4 is 23.3 Å². The number of nitrogens with zero attached hydrogens (tertiary/aromatic N) is 4. The predicted octanol–water partition coefficient (Wildman–Crippen LogP) is 4.79. The number of ether oxygens (including phenoxy) is 1. The summed E-state index contributed by atoms with van der Waals surface area (Å²) >= 11 is 0. The number of amides is 2. The van der Waals surface area contributed by atoms with Crippen LogP contribution in [0.5, 0.6) is 0 Å². The highest BCUT2D eigenvalue weighted by Crippen LogP contribution is 2.43. The van der Waals surface area contributed by atoms with Gasteiger partial charge < -0.3 is 10.1 Å². The maximum atomic E-state index is 14.3. The second-order valence-electron chi connectivity index (χ2n) is 10.0. The highest BCUT2D eigenvalue weighted by Gasteiger charge is 2.42. The number of hydrogen-bond donors (Lipinski definition) is 1. The van der Waals surface area contributed by atoms with Gasteiger partial charge in [-0.05, 0) is 63.9 Å². The molecule has 3 aromatic rings. The van der Waals surface area contributed by atoms with Crippen molar-refractivity contribution in [2.45, 2.75) is 45.7 Å². The molecule has 0 aromatic carbocycles. The molecule has 2 atom stereocenters. The van der Waals surface area contributed by atoms with Crippen molar-refractivity contribution in [1.29, 1.82) is 0 Å². The zero-order valence-corrected chi connectivity index (χ0v) is 21.4. The summed E-state index contributed by atoms with van der Waals surface area (Å²) in [6.07, 6.45) is 5.54. The number of hydrogen-bond acceptors (Lipinski definition) is 6. The maximum Gasteiger partial charge on any atom is 0.255 e. The smallest absolute Gasteiger partial charge is 0.255 e. The van der Waals surface area contributed by atoms with Crippen LogP contribution < -0.4 is 10.2 Å². The number of pyridine rings is 3. The molecule has 192 valence electrons. The molecule has 0 aliphatic carbocycles. The summed E-state index contributed by atoms with van der Waals surface area (Å²) in [5, 5.41) is 2.86. The maximum absolute atomic E-state index is 14.3. The molecule has 8 nitrogen and oxygen atoms in total. The summed E-state index contributed by atoms with van der Waals surface area (Å²) in [6, 6.07) is 6.95. The number of carbonyl (C=O) groups is 2. The fourth-order valence-electron chi connectivity index (χ4n) is 5.08. The molecule has 2 aliphatic rings. The van der Waals surface area contributed by atoms with E-state index in [9.17, 15) is 14.0 Å². The van der Waals surface area contributed by atoms with E-state index in [0.717, 1.165) is 28.8 Å². The first-order chi connectivity index (χ1) is 17.7. The molecule has 9 heteroatoms. The first-order valence-electron chi connectivity index (χ1n) is 12.5. The molecule has 1 N–H and O–H groups in total. The molecule has 1 saturated heterocycles. The lowest BCUT2D eigenvalue weighted by Gasteiger charge is -2.40. The van der Waals surface area contributed by atoms with Gasteiger partial charge in [0.2, 0.25) is 5.91 Å². The van der Waals surface area contributed by atoms with E-state index in [0.29, 0.717) is 36.8 Å². The van der Waals surface area contributed by atoms with E-state index in [1.807, 2.05) is 19.9 Å². The van der Waals surface area contributed by atoms with Crippen LogP contribution in [-0.2, 0) is 15.2 Å². The second-order valence-corrected chi connectivity index (χ2v) is 10.0. The molecule has 3 aromatic heterocycles. The van der Waals surface area contributed by atoms with Crippen LogP contribution in [0.4, 0.5) is 15.9 Å². The third-order valence-corrected chi connectivity index (χ3v) is 7.09. The number of anilines is 2. The van der Waals surface area contributed by atoms with Crippen molar-refractivity contribution in [3.8, 4) is 11.1 Å². The summed E-state index contributed by atoms with van der Waals surface area (Å²) < 4.78 is 20.0. The Bertz CT molecular complexity index is 1370. The number of carbonyl (C=O) groups excluding carboxylic acids is 2. The molecular weight excluding hydrogens is 473 g/mol. The van der Waals surface area contributed by atoms with Crippen molar-refractivity contribution in [2.24, 2.45) is 5.92 Å². The normalized spacial score (nSPS) is 19.3. The van der Waals surface area contributed by atoms with Gasteiger partial charge in [0.1, 0.15) is 11.5 Å². The van der Waals surface area contributed by atoms with Crippen LogP contribution in [0.25, 0.3) is 11.1 Å². The molecule has 0 radical (unpaired) electrons. The molecular formula is C28H30FN5O3. The first-order valence-corrected chi connectivity index (χ1v) is 12.5. The van der Waals surface area contributed by atoms with Gasteiger partial charge in [0.25, 0.3) is 5.91 Å². The van der Waals surface area contributed by atoms with Gasteiger partial charge in [0.05, 0.1) is 30.1 Å². The average Bonchev–Trinajstić information content (AvgIpc) is 2.89. The molecule has 0 saturated carbocycles. The van der Waals surface area contributed by atoms with Gasteiger partial charge >= 0.3 is 0 Å². The fourth-order valence-corrected chi connectivity index (χ4v) is 5.08. The Morgan fingerprint density at radius 1 is 1.19 bits per heavy atom. The van der Waals surface area contributed by atoms with Crippen molar-refractivity contribution in [1.82, 2.24) is 15.0 Å². The van der Waals surface area contributed by atoms with Crippen LogP contribution in [-0.4, -0.2) is 46.5 Å². The van der Waals surface area contributed by atoms with Gasteiger partial charge in [-0.25, -0.2) is 9.37 Å². The Kier molecular flexibility index (Phi) is 6.49.